The number of amides is 2. The number of nitrogens with one attached hydrogen (secondary N) is 1. The summed E-state index contributed by atoms with van der Waals surface area (Å²) < 4.78 is 0. The molecule has 2 amide bonds. The first-order valence-electron chi connectivity index (χ1n) is 9.26. The summed E-state index contributed by atoms with van der Waals surface area (Å²) >= 11 is 1.65. The van der Waals surface area contributed by atoms with Crippen LogP contribution in [0.4, 0.5) is 0 Å². The van der Waals surface area contributed by atoms with Crippen LogP contribution in [-0.4, -0.2) is 41.3 Å². The van der Waals surface area contributed by atoms with Crippen LogP contribution in [0, 0.1) is 12.8 Å². The van der Waals surface area contributed by atoms with Crippen molar-refractivity contribution < 1.29 is 9.59 Å². The Morgan fingerprint density at radius 2 is 2.15 bits per heavy atom. The van der Waals surface area contributed by atoms with E-state index >= 15 is 0 Å². The number of nitrogens with two attached hydrogens (primary N) is 1. The number of likely N-dealkylation sites (tertiary alicyclic amines) is 1. The van der Waals surface area contributed by atoms with Crippen molar-refractivity contribution in [3.8, 4) is 0 Å². The molecule has 1 aliphatic heterocycles. The van der Waals surface area contributed by atoms with Crippen LogP contribution in [-0.2, 0) is 16.0 Å². The highest BCUT2D eigenvalue weighted by atomic mass is 32.1. The molecule has 3 N–H and O–H groups in total. The van der Waals surface area contributed by atoms with Gasteiger partial charge in [0.05, 0.1) is 18.3 Å². The average Bonchev–Trinajstić information content (AvgIpc) is 3.15. The van der Waals surface area contributed by atoms with Crippen LogP contribution >= 0.6 is 11.3 Å². The standard InChI is InChI=1S/C20H26N4O2S/c1-14-3-2-7-22-19(14)17(11-15-6-10-27-13-15)23-18(25)12-24-8-4-16(5-9-24)20(21)26/h2-3,6-7,10,13,16-17H,4-5,8-9,11-12H2,1H3,(H2,21,26)(H,23,25)/t17-/m1/s1. The largest absolute Gasteiger partial charge is 0.369 e. The summed E-state index contributed by atoms with van der Waals surface area (Å²) in [6.45, 7) is 3.79. The summed E-state index contributed by atoms with van der Waals surface area (Å²) in [5.41, 5.74) is 8.55. The first-order valence-corrected chi connectivity index (χ1v) is 10.2. The zero-order valence-electron chi connectivity index (χ0n) is 15.6. The van der Waals surface area contributed by atoms with Crippen LogP contribution in [0.2, 0.25) is 0 Å². The number of carbonyl (C=O) groups is 2. The molecule has 0 unspecified atom stereocenters. The topological polar surface area (TPSA) is 88.3 Å². The van der Waals surface area contributed by atoms with Crippen LogP contribution in [0.3, 0.4) is 0 Å². The molecule has 0 aliphatic carbocycles. The van der Waals surface area contributed by atoms with Crippen LogP contribution in [0.25, 0.3) is 0 Å². The van der Waals surface area contributed by atoms with Gasteiger partial charge < -0.3 is 11.1 Å². The minimum absolute atomic E-state index is 0.0159. The van der Waals surface area contributed by atoms with Gasteiger partial charge in [-0.05, 0) is 73.3 Å². The lowest BCUT2D eigenvalue weighted by molar-refractivity contribution is -0.124. The zero-order valence-corrected chi connectivity index (χ0v) is 16.4. The van der Waals surface area contributed by atoms with Crippen molar-refractivity contribution in [3.05, 3.63) is 52.0 Å². The molecule has 0 bridgehead atoms. The first kappa shape index (κ1) is 19.5. The molecule has 1 fully saturated rings. The molecule has 0 aromatic carbocycles. The van der Waals surface area contributed by atoms with E-state index in [0.29, 0.717) is 6.54 Å². The van der Waals surface area contributed by atoms with Crippen molar-refractivity contribution in [2.45, 2.75) is 32.2 Å². The maximum Gasteiger partial charge on any atom is 0.234 e. The van der Waals surface area contributed by atoms with Gasteiger partial charge in [0.1, 0.15) is 0 Å². The number of piperidine rings is 1. The van der Waals surface area contributed by atoms with Crippen molar-refractivity contribution in [1.29, 1.82) is 0 Å². The molecule has 0 saturated carbocycles. The van der Waals surface area contributed by atoms with Gasteiger partial charge in [-0.2, -0.15) is 11.3 Å². The van der Waals surface area contributed by atoms with Gasteiger partial charge in [0.25, 0.3) is 0 Å². The molecule has 2 aromatic rings. The Morgan fingerprint density at radius 1 is 1.37 bits per heavy atom. The number of thiophene rings is 1. The summed E-state index contributed by atoms with van der Waals surface area (Å²) in [6.07, 6.45) is 3.93. The molecule has 1 saturated heterocycles. The molecule has 7 heteroatoms. The van der Waals surface area contributed by atoms with Gasteiger partial charge in [-0.1, -0.05) is 6.07 Å². The van der Waals surface area contributed by atoms with Crippen molar-refractivity contribution in [2.75, 3.05) is 19.6 Å². The minimum Gasteiger partial charge on any atom is -0.369 e. The lowest BCUT2D eigenvalue weighted by Crippen LogP contribution is -2.44. The van der Waals surface area contributed by atoms with Crippen LogP contribution in [0.15, 0.2) is 35.2 Å². The van der Waals surface area contributed by atoms with E-state index in [4.69, 9.17) is 5.73 Å². The number of carbonyl (C=O) groups excluding carboxylic acids is 2. The molecule has 27 heavy (non-hydrogen) atoms. The summed E-state index contributed by atoms with van der Waals surface area (Å²) in [5.74, 6) is -0.315. The molecule has 3 heterocycles. The highest BCUT2D eigenvalue weighted by Gasteiger charge is 2.25. The number of primary amides is 1. The predicted octanol–water partition coefficient (Wildman–Crippen LogP) is 2.05. The first-order chi connectivity index (χ1) is 13.0. The van der Waals surface area contributed by atoms with Crippen LogP contribution in [0.1, 0.15) is 35.7 Å². The number of pyridine rings is 1. The lowest BCUT2D eigenvalue weighted by atomic mass is 9.96. The number of aryl methyl sites for hydroxylation is 1. The number of nitrogens with zero attached hydrogens (tertiary/aromatic N) is 2. The monoisotopic (exact) mass is 386 g/mol. The van der Waals surface area contributed by atoms with Crippen LogP contribution < -0.4 is 11.1 Å². The summed E-state index contributed by atoms with van der Waals surface area (Å²) in [4.78, 5) is 30.6. The third kappa shape index (κ3) is 5.37. The molecule has 6 nitrogen and oxygen atoms in total. The smallest absolute Gasteiger partial charge is 0.234 e. The summed E-state index contributed by atoms with van der Waals surface area (Å²) in [5, 5.41) is 7.31. The van der Waals surface area contributed by atoms with Crippen LogP contribution in [0.5, 0.6) is 0 Å². The fourth-order valence-corrected chi connectivity index (χ4v) is 4.22. The Balaban J connectivity index is 1.62. The molecule has 144 valence electrons. The fourth-order valence-electron chi connectivity index (χ4n) is 3.54. The van der Waals surface area contributed by atoms with E-state index in [1.54, 1.807) is 17.5 Å². The second-order valence-corrected chi connectivity index (χ2v) is 7.89. The highest BCUT2D eigenvalue weighted by molar-refractivity contribution is 7.07. The van der Waals surface area contributed by atoms with E-state index in [1.807, 2.05) is 24.4 Å². The Hall–Kier alpha value is -2.25. The van der Waals surface area contributed by atoms with E-state index in [-0.39, 0.29) is 23.8 Å². The van der Waals surface area contributed by atoms with Gasteiger partial charge in [0.15, 0.2) is 0 Å². The van der Waals surface area contributed by atoms with E-state index in [9.17, 15) is 9.59 Å². The zero-order chi connectivity index (χ0) is 19.2. The number of hydrogen-bond acceptors (Lipinski definition) is 5. The SMILES string of the molecule is Cc1cccnc1[C@@H](Cc1ccsc1)NC(=O)CN1CCC(C(N)=O)CC1. The third-order valence-corrected chi connectivity index (χ3v) is 5.82. The molecule has 0 radical (unpaired) electrons. The molecular formula is C20H26N4O2S. The van der Waals surface area contributed by atoms with E-state index < -0.39 is 0 Å². The third-order valence-electron chi connectivity index (χ3n) is 5.09. The van der Waals surface area contributed by atoms with Crippen molar-refractivity contribution in [3.63, 3.8) is 0 Å². The summed E-state index contributed by atoms with van der Waals surface area (Å²) in [7, 11) is 0. The normalized spacial score (nSPS) is 16.8. The maximum atomic E-state index is 12.7. The average molecular weight is 387 g/mol. The van der Waals surface area contributed by atoms with Crippen molar-refractivity contribution in [1.82, 2.24) is 15.2 Å². The lowest BCUT2D eigenvalue weighted by Gasteiger charge is -2.30. The quantitative estimate of drug-likeness (QED) is 0.762. The van der Waals surface area contributed by atoms with E-state index in [1.165, 1.54) is 5.56 Å². The number of hydrogen-bond donors (Lipinski definition) is 2. The van der Waals surface area contributed by atoms with Crippen molar-refractivity contribution in [2.24, 2.45) is 11.7 Å². The number of rotatable bonds is 7. The van der Waals surface area contributed by atoms with E-state index in [0.717, 1.165) is 43.6 Å². The molecule has 1 atom stereocenters. The second-order valence-electron chi connectivity index (χ2n) is 7.11. The van der Waals surface area contributed by atoms with E-state index in [2.05, 4.69) is 26.6 Å². The highest BCUT2D eigenvalue weighted by Crippen LogP contribution is 2.21. The Kier molecular flexibility index (Phi) is 6.58. The molecular weight excluding hydrogens is 360 g/mol. The predicted molar refractivity (Wildman–Crippen MR) is 106 cm³/mol. The van der Waals surface area contributed by atoms with Gasteiger partial charge in [0.2, 0.25) is 11.8 Å². The Bertz CT molecular complexity index is 770. The molecule has 0 spiro atoms. The van der Waals surface area contributed by atoms with Gasteiger partial charge >= 0.3 is 0 Å². The van der Waals surface area contributed by atoms with Gasteiger partial charge in [-0.15, -0.1) is 0 Å². The molecule has 3 rings (SSSR count). The molecule has 1 aliphatic rings. The van der Waals surface area contributed by atoms with Gasteiger partial charge in [0, 0.05) is 12.1 Å². The molecule has 2 aromatic heterocycles. The minimum atomic E-state index is -0.236. The second kappa shape index (κ2) is 9.10. The Morgan fingerprint density at radius 3 is 2.78 bits per heavy atom. The van der Waals surface area contributed by atoms with Gasteiger partial charge in [-0.3, -0.25) is 19.5 Å². The Labute approximate surface area is 163 Å². The fraction of sp³-hybridized carbons (Fsp3) is 0.450. The van der Waals surface area contributed by atoms with Crippen molar-refractivity contribution >= 4 is 23.2 Å². The maximum absolute atomic E-state index is 12.7. The summed E-state index contributed by atoms with van der Waals surface area (Å²) in [6, 6.07) is 5.85. The number of aromatic nitrogens is 1. The van der Waals surface area contributed by atoms with Gasteiger partial charge in [-0.25, -0.2) is 0 Å².